The van der Waals surface area contributed by atoms with Crippen molar-refractivity contribution in [1.82, 2.24) is 9.97 Å². The van der Waals surface area contributed by atoms with Crippen molar-refractivity contribution in [3.8, 4) is 28.7 Å². The molecule has 3 aromatic carbocycles. The Bertz CT molecular complexity index is 2560. The molecule has 0 spiro atoms. The van der Waals surface area contributed by atoms with Crippen LogP contribution in [0.15, 0.2) is 60.9 Å². The molecule has 3 N–H and O–H groups in total. The first-order chi connectivity index (χ1) is 34.2. The summed E-state index contributed by atoms with van der Waals surface area (Å²) in [5, 5.41) is 34.0. The lowest BCUT2D eigenvalue weighted by atomic mass is 9.46. The van der Waals surface area contributed by atoms with Crippen LogP contribution in [-0.4, -0.2) is 78.1 Å². The molecule has 0 aliphatic heterocycles. The molecule has 2 unspecified atom stereocenters. The Morgan fingerprint density at radius 2 is 0.905 bits per heavy atom. The summed E-state index contributed by atoms with van der Waals surface area (Å²) in [5.74, 6) is 5.19. The van der Waals surface area contributed by atoms with Crippen LogP contribution in [0.1, 0.15) is 149 Å². The molecule has 11 heteroatoms. The third-order valence-electron chi connectivity index (χ3n) is 18.7. The summed E-state index contributed by atoms with van der Waals surface area (Å²) in [5.41, 5.74) is 6.55. The highest BCUT2D eigenvalue weighted by Gasteiger charge is 2.59. The molecule has 74 heavy (non-hydrogen) atoms. The molecule has 10 nitrogen and oxygen atoms in total. The van der Waals surface area contributed by atoms with E-state index in [1.807, 2.05) is 62.6 Å². The number of hydrogen-bond acceptors (Lipinski definition) is 10. The summed E-state index contributed by atoms with van der Waals surface area (Å²) in [4.78, 5) is 9.16. The van der Waals surface area contributed by atoms with Gasteiger partial charge < -0.3 is 39.0 Å². The number of methoxy groups -OCH3 is 4. The average Bonchev–Trinajstić information content (AvgIpc) is 3.32. The highest BCUT2D eigenvalue weighted by atomic mass is 127. The number of ether oxygens (including phenoxy) is 5. The van der Waals surface area contributed by atoms with E-state index < -0.39 is 11.2 Å². The van der Waals surface area contributed by atoms with Crippen molar-refractivity contribution in [3.05, 3.63) is 86.7 Å². The van der Waals surface area contributed by atoms with Gasteiger partial charge >= 0.3 is 0 Å². The third kappa shape index (κ3) is 12.9. The number of pyridine rings is 2. The van der Waals surface area contributed by atoms with Gasteiger partial charge in [0.2, 0.25) is 0 Å². The molecule has 0 bridgehead atoms. The van der Waals surface area contributed by atoms with Gasteiger partial charge in [-0.05, 0) is 183 Å². The highest BCUT2D eigenvalue weighted by molar-refractivity contribution is 14.1. The average molecular weight is 1130 g/mol. The van der Waals surface area contributed by atoms with Crippen LogP contribution >= 0.6 is 22.6 Å². The van der Waals surface area contributed by atoms with Gasteiger partial charge in [0.25, 0.3) is 0 Å². The lowest BCUT2D eigenvalue weighted by Crippen LogP contribution is -2.59. The Hall–Kier alpha value is -3.91. The van der Waals surface area contributed by atoms with Crippen LogP contribution in [0.3, 0.4) is 0 Å². The molecule has 0 radical (unpaired) electrons. The predicted octanol–water partition coefficient (Wildman–Crippen LogP) is 15.0. The molecule has 9 rings (SSSR count). The Balaban J connectivity index is 0.000000190. The van der Waals surface area contributed by atoms with Crippen LogP contribution < -0.4 is 23.7 Å². The van der Waals surface area contributed by atoms with Crippen molar-refractivity contribution in [2.75, 3.05) is 41.7 Å². The largest absolute Gasteiger partial charge is 0.497 e. The lowest BCUT2D eigenvalue weighted by molar-refractivity contribution is -0.178. The summed E-state index contributed by atoms with van der Waals surface area (Å²) in [6, 6.07) is 15.7. The fourth-order valence-electron chi connectivity index (χ4n) is 14.2. The molecule has 4 fully saturated rings. The minimum atomic E-state index is -0.707. The maximum atomic E-state index is 11.3. The molecule has 410 valence electrons. The van der Waals surface area contributed by atoms with E-state index in [2.05, 4.69) is 114 Å². The van der Waals surface area contributed by atoms with Crippen LogP contribution in [0.4, 0.5) is 0 Å². The summed E-state index contributed by atoms with van der Waals surface area (Å²) < 4.78 is 28.2. The second kappa shape index (κ2) is 24.2. The molecule has 5 aromatic rings. The van der Waals surface area contributed by atoms with E-state index >= 15 is 0 Å². The number of fused-ring (bicyclic) bond motifs is 5. The van der Waals surface area contributed by atoms with Crippen molar-refractivity contribution in [2.24, 2.45) is 45.3 Å². The Morgan fingerprint density at radius 3 is 1.30 bits per heavy atom. The standard InChI is InChI=1S/C23H36O4.C16H16N2.C15H28O2.C8H9IO2.CH4/c1-21(2)9-7-10-22(3)19(21)8-11-23(4,24)20(22)15-27-18-13-16(25-5)12-17(14-18)26-6;1-9-7-17-15-13(11(9)3)5-6-14-12(4)10(2)8-18-16(14)15;1-13(2)7-5-8-14(3)11(13)6-9-15(4,17)12(14)10-16;1-10-7-3-6(9)4-8(5-7)11-2;/h12-14,19-20,24H,7-11,15H2,1-6H3;5-8H,1-4H3;11-12,16-17H,5-10H2,1-4H3;3-5H,1-2H3;1H4/t19?,20-,22+,23-;;11?,12-,14+,15-;;/m1.1../s1. The van der Waals surface area contributed by atoms with Gasteiger partial charge in [-0.25, -0.2) is 0 Å². The van der Waals surface area contributed by atoms with E-state index in [1.54, 1.807) is 28.4 Å². The van der Waals surface area contributed by atoms with Crippen LogP contribution in [0.5, 0.6) is 28.7 Å². The molecule has 8 atom stereocenters. The lowest BCUT2D eigenvalue weighted by Gasteiger charge is -2.60. The van der Waals surface area contributed by atoms with E-state index in [9.17, 15) is 15.3 Å². The molecule has 0 amide bonds. The number of aromatic nitrogens is 2. The summed E-state index contributed by atoms with van der Waals surface area (Å²) in [6.07, 6.45) is 15.1. The quantitative estimate of drug-likeness (QED) is 0.102. The van der Waals surface area contributed by atoms with Gasteiger partial charge in [-0.3, -0.25) is 9.97 Å². The van der Waals surface area contributed by atoms with Crippen LogP contribution in [0, 0.1) is 76.6 Å². The molecule has 4 saturated carbocycles. The number of rotatable bonds is 8. The van der Waals surface area contributed by atoms with Crippen molar-refractivity contribution >= 4 is 44.4 Å². The number of hydrogen-bond donors (Lipinski definition) is 3. The van der Waals surface area contributed by atoms with E-state index in [4.69, 9.17) is 23.7 Å². The molecule has 2 heterocycles. The number of aliphatic hydroxyl groups is 3. The Morgan fingerprint density at radius 1 is 0.541 bits per heavy atom. The van der Waals surface area contributed by atoms with E-state index in [1.165, 1.54) is 58.7 Å². The SMILES string of the molecule is C.CC1(C)CCC[C@@]2(C)C1CC[C@@](C)(O)[C@@H]2CO.COc1cc(I)cc(OC)c1.COc1cc(OC)cc(OC[C@@H]2[C@@]3(C)CCCC(C)(C)C3CC[C@@]2(C)O)c1.Cc1cnc2c(ccc3c(C)c(C)cnc32)c1C. The van der Waals surface area contributed by atoms with Gasteiger partial charge in [0.15, 0.2) is 0 Å². The van der Waals surface area contributed by atoms with Gasteiger partial charge in [0.1, 0.15) is 28.7 Å². The first kappa shape index (κ1) is 60.9. The first-order valence-corrected chi connectivity index (χ1v) is 27.7. The minimum absolute atomic E-state index is 0. The number of halogens is 1. The molecule has 4 aliphatic carbocycles. The van der Waals surface area contributed by atoms with Gasteiger partial charge in [-0.15, -0.1) is 0 Å². The van der Waals surface area contributed by atoms with Crippen molar-refractivity contribution < 1.29 is 39.0 Å². The van der Waals surface area contributed by atoms with Crippen LogP contribution in [0.2, 0.25) is 0 Å². The fraction of sp³-hybridized carbons (Fsp3) is 0.619. The van der Waals surface area contributed by atoms with Crippen LogP contribution in [-0.2, 0) is 0 Å². The number of nitrogens with zero attached hydrogens (tertiary/aromatic N) is 2. The molecule has 4 aliphatic rings. The third-order valence-corrected chi connectivity index (χ3v) is 19.3. The van der Waals surface area contributed by atoms with E-state index in [-0.39, 0.29) is 36.7 Å². The topological polar surface area (TPSA) is 133 Å². The van der Waals surface area contributed by atoms with E-state index in [0.717, 1.165) is 70.4 Å². The van der Waals surface area contributed by atoms with Crippen molar-refractivity contribution in [1.29, 1.82) is 0 Å². The number of aliphatic hydroxyl groups excluding tert-OH is 1. The Labute approximate surface area is 459 Å². The van der Waals surface area contributed by atoms with Gasteiger partial charge in [0.05, 0.1) is 57.3 Å². The second-order valence-electron chi connectivity index (χ2n) is 24.3. The van der Waals surface area contributed by atoms with E-state index in [0.29, 0.717) is 40.8 Å². The maximum Gasteiger partial charge on any atom is 0.126 e. The zero-order valence-electron chi connectivity index (χ0n) is 47.2. The van der Waals surface area contributed by atoms with Gasteiger partial charge in [-0.1, -0.05) is 73.9 Å². The van der Waals surface area contributed by atoms with Gasteiger partial charge in [-0.2, -0.15) is 0 Å². The Kier molecular flexibility index (Phi) is 19.9. The maximum absolute atomic E-state index is 11.3. The zero-order valence-corrected chi connectivity index (χ0v) is 49.4. The molecule has 2 aromatic heterocycles. The summed E-state index contributed by atoms with van der Waals surface area (Å²) in [6.45, 7) is 27.2. The highest BCUT2D eigenvalue weighted by Crippen LogP contribution is 2.63. The second-order valence-corrected chi connectivity index (χ2v) is 25.5. The number of aryl methyl sites for hydroxylation is 4. The minimum Gasteiger partial charge on any atom is -0.497 e. The smallest absolute Gasteiger partial charge is 0.126 e. The fourth-order valence-corrected chi connectivity index (χ4v) is 14.8. The van der Waals surface area contributed by atoms with Crippen LogP contribution in [0.25, 0.3) is 21.8 Å². The monoisotopic (exact) mass is 1130 g/mol. The molecular formula is C63H93IN2O8. The molecule has 0 saturated heterocycles. The normalized spacial score (nSPS) is 28.4. The molecular weight excluding hydrogens is 1040 g/mol. The van der Waals surface area contributed by atoms with Crippen molar-refractivity contribution in [3.63, 3.8) is 0 Å². The first-order valence-electron chi connectivity index (χ1n) is 26.6. The predicted molar refractivity (Wildman–Crippen MR) is 312 cm³/mol. The summed E-state index contributed by atoms with van der Waals surface area (Å²) >= 11 is 2.22. The summed E-state index contributed by atoms with van der Waals surface area (Å²) in [7, 11) is 6.57. The van der Waals surface area contributed by atoms with Gasteiger partial charge in [0, 0.05) is 69.4 Å². The van der Waals surface area contributed by atoms with Crippen molar-refractivity contribution in [2.45, 2.75) is 166 Å². The number of benzene rings is 3. The zero-order chi connectivity index (χ0) is 53.9.